The molecule has 0 fully saturated rings. The molecule has 4 nitrogen and oxygen atoms in total. The number of hydrogen-bond acceptors (Lipinski definition) is 3. The van der Waals surface area contributed by atoms with Crippen molar-refractivity contribution in [2.75, 3.05) is 11.9 Å². The Morgan fingerprint density at radius 3 is 2.33 bits per heavy atom. The van der Waals surface area contributed by atoms with Crippen molar-refractivity contribution < 1.29 is 4.79 Å². The third-order valence-electron chi connectivity index (χ3n) is 4.23. The van der Waals surface area contributed by atoms with Crippen LogP contribution < -0.4 is 10.6 Å². The maximum absolute atomic E-state index is 12.2. The third-order valence-corrected chi connectivity index (χ3v) is 4.48. The van der Waals surface area contributed by atoms with Gasteiger partial charge >= 0.3 is 0 Å². The zero-order valence-electron chi connectivity index (χ0n) is 15.2. The van der Waals surface area contributed by atoms with E-state index in [1.807, 2.05) is 61.5 Å². The second-order valence-electron chi connectivity index (χ2n) is 6.40. The SMILES string of the molecule is Cc1ccc(CNC(=O)c2ccc(NCCc3ccc(Cl)cc3)nc2)cc1. The predicted molar refractivity (Wildman–Crippen MR) is 110 cm³/mol. The summed E-state index contributed by atoms with van der Waals surface area (Å²) >= 11 is 5.89. The molecule has 3 rings (SSSR count). The second kappa shape index (κ2) is 9.19. The van der Waals surface area contributed by atoms with Crippen molar-refractivity contribution in [3.8, 4) is 0 Å². The van der Waals surface area contributed by atoms with Gasteiger partial charge in [0.25, 0.3) is 5.91 Å². The number of benzene rings is 2. The van der Waals surface area contributed by atoms with Crippen LogP contribution in [-0.4, -0.2) is 17.4 Å². The summed E-state index contributed by atoms with van der Waals surface area (Å²) in [5, 5.41) is 6.91. The Bertz CT molecular complexity index is 875. The topological polar surface area (TPSA) is 54.0 Å². The van der Waals surface area contributed by atoms with Crippen LogP contribution in [0.2, 0.25) is 5.02 Å². The Morgan fingerprint density at radius 1 is 0.963 bits per heavy atom. The molecule has 2 N–H and O–H groups in total. The van der Waals surface area contributed by atoms with E-state index in [0.717, 1.165) is 29.4 Å². The van der Waals surface area contributed by atoms with E-state index in [4.69, 9.17) is 11.6 Å². The average Bonchev–Trinajstić information content (AvgIpc) is 2.69. The number of amides is 1. The van der Waals surface area contributed by atoms with Crippen LogP contribution in [0.4, 0.5) is 5.82 Å². The van der Waals surface area contributed by atoms with Gasteiger partial charge in [0.05, 0.1) is 5.56 Å². The molecule has 0 aliphatic heterocycles. The highest BCUT2D eigenvalue weighted by molar-refractivity contribution is 6.30. The fourth-order valence-corrected chi connectivity index (χ4v) is 2.74. The molecule has 0 bridgehead atoms. The zero-order valence-corrected chi connectivity index (χ0v) is 16.0. The Hall–Kier alpha value is -2.85. The quantitative estimate of drug-likeness (QED) is 0.629. The summed E-state index contributed by atoms with van der Waals surface area (Å²) in [6.07, 6.45) is 2.47. The van der Waals surface area contributed by atoms with Crippen molar-refractivity contribution >= 4 is 23.3 Å². The molecule has 0 spiro atoms. The summed E-state index contributed by atoms with van der Waals surface area (Å²) in [5.74, 6) is 0.620. The number of aromatic nitrogens is 1. The van der Waals surface area contributed by atoms with Gasteiger partial charge in [-0.25, -0.2) is 4.98 Å². The van der Waals surface area contributed by atoms with Crippen molar-refractivity contribution in [2.45, 2.75) is 19.9 Å². The van der Waals surface area contributed by atoms with Gasteiger partial charge in [-0.3, -0.25) is 4.79 Å². The molecule has 27 heavy (non-hydrogen) atoms. The van der Waals surface area contributed by atoms with Crippen molar-refractivity contribution in [2.24, 2.45) is 0 Å². The van der Waals surface area contributed by atoms with Crippen molar-refractivity contribution in [1.29, 1.82) is 0 Å². The fraction of sp³-hybridized carbons (Fsp3) is 0.182. The average molecular weight is 380 g/mol. The number of aryl methyl sites for hydroxylation is 1. The van der Waals surface area contributed by atoms with Crippen LogP contribution in [0.5, 0.6) is 0 Å². The molecule has 1 amide bonds. The van der Waals surface area contributed by atoms with E-state index in [-0.39, 0.29) is 5.91 Å². The number of carbonyl (C=O) groups is 1. The zero-order chi connectivity index (χ0) is 19.1. The highest BCUT2D eigenvalue weighted by Gasteiger charge is 2.06. The third kappa shape index (κ3) is 5.83. The summed E-state index contributed by atoms with van der Waals surface area (Å²) in [7, 11) is 0. The lowest BCUT2D eigenvalue weighted by Gasteiger charge is -2.08. The van der Waals surface area contributed by atoms with Crippen LogP contribution in [0.15, 0.2) is 66.9 Å². The van der Waals surface area contributed by atoms with Gasteiger partial charge in [0.1, 0.15) is 5.82 Å². The molecule has 0 aliphatic rings. The van der Waals surface area contributed by atoms with Gasteiger partial charge < -0.3 is 10.6 Å². The van der Waals surface area contributed by atoms with Gasteiger partial charge in [0, 0.05) is 24.3 Å². The van der Waals surface area contributed by atoms with Crippen LogP contribution in [0.25, 0.3) is 0 Å². The monoisotopic (exact) mass is 379 g/mol. The number of carbonyl (C=O) groups excluding carboxylic acids is 1. The Morgan fingerprint density at radius 2 is 1.67 bits per heavy atom. The van der Waals surface area contributed by atoms with Crippen LogP contribution >= 0.6 is 11.6 Å². The van der Waals surface area contributed by atoms with E-state index in [2.05, 4.69) is 15.6 Å². The largest absolute Gasteiger partial charge is 0.370 e. The van der Waals surface area contributed by atoms with Gasteiger partial charge in [0.15, 0.2) is 0 Å². The van der Waals surface area contributed by atoms with Crippen LogP contribution in [-0.2, 0) is 13.0 Å². The van der Waals surface area contributed by atoms with E-state index in [1.165, 1.54) is 11.1 Å². The van der Waals surface area contributed by atoms with Crippen LogP contribution in [0.1, 0.15) is 27.0 Å². The first-order valence-corrected chi connectivity index (χ1v) is 9.26. The maximum atomic E-state index is 12.2. The molecule has 0 atom stereocenters. The predicted octanol–water partition coefficient (Wildman–Crippen LogP) is 4.63. The molecule has 0 unspecified atom stereocenters. The number of nitrogens with one attached hydrogen (secondary N) is 2. The van der Waals surface area contributed by atoms with E-state index in [0.29, 0.717) is 12.1 Å². The molecule has 1 heterocycles. The molecule has 3 aromatic rings. The minimum Gasteiger partial charge on any atom is -0.370 e. The molecule has 0 radical (unpaired) electrons. The lowest BCUT2D eigenvalue weighted by Crippen LogP contribution is -2.23. The fourth-order valence-electron chi connectivity index (χ4n) is 2.61. The first-order valence-electron chi connectivity index (χ1n) is 8.88. The van der Waals surface area contributed by atoms with Gasteiger partial charge in [-0.05, 0) is 48.7 Å². The maximum Gasteiger partial charge on any atom is 0.253 e. The number of pyridine rings is 1. The van der Waals surface area contributed by atoms with Crippen LogP contribution in [0.3, 0.4) is 0 Å². The van der Waals surface area contributed by atoms with E-state index >= 15 is 0 Å². The van der Waals surface area contributed by atoms with Crippen molar-refractivity contribution in [1.82, 2.24) is 10.3 Å². The van der Waals surface area contributed by atoms with E-state index < -0.39 is 0 Å². The van der Waals surface area contributed by atoms with Gasteiger partial charge in [0.2, 0.25) is 0 Å². The summed E-state index contributed by atoms with van der Waals surface area (Å²) in [6, 6.07) is 19.5. The number of anilines is 1. The highest BCUT2D eigenvalue weighted by atomic mass is 35.5. The lowest BCUT2D eigenvalue weighted by atomic mass is 10.1. The summed E-state index contributed by atoms with van der Waals surface area (Å²) < 4.78 is 0. The first kappa shape index (κ1) is 18.9. The molecule has 2 aromatic carbocycles. The number of hydrogen-bond donors (Lipinski definition) is 2. The summed E-state index contributed by atoms with van der Waals surface area (Å²) in [5.41, 5.74) is 4.03. The summed E-state index contributed by atoms with van der Waals surface area (Å²) in [6.45, 7) is 3.30. The molecule has 0 saturated heterocycles. The highest BCUT2D eigenvalue weighted by Crippen LogP contribution is 2.11. The Kier molecular flexibility index (Phi) is 6.44. The molecule has 0 saturated carbocycles. The normalized spacial score (nSPS) is 10.4. The first-order chi connectivity index (χ1) is 13.1. The number of rotatable bonds is 7. The summed E-state index contributed by atoms with van der Waals surface area (Å²) in [4.78, 5) is 16.6. The Balaban J connectivity index is 1.46. The van der Waals surface area contributed by atoms with Gasteiger partial charge in [-0.15, -0.1) is 0 Å². The van der Waals surface area contributed by atoms with Crippen molar-refractivity contribution in [3.05, 3.63) is 94.1 Å². The van der Waals surface area contributed by atoms with Crippen LogP contribution in [0, 0.1) is 6.92 Å². The number of halogens is 1. The minimum absolute atomic E-state index is 0.129. The molecule has 5 heteroatoms. The molecule has 0 aliphatic carbocycles. The molecular formula is C22H22ClN3O. The van der Waals surface area contributed by atoms with E-state index in [9.17, 15) is 4.79 Å². The lowest BCUT2D eigenvalue weighted by molar-refractivity contribution is 0.0950. The standard InChI is InChI=1S/C22H22ClN3O/c1-16-2-4-18(5-3-16)14-26-22(27)19-8-11-21(25-15-19)24-13-12-17-6-9-20(23)10-7-17/h2-11,15H,12-14H2,1H3,(H,24,25)(H,26,27). The van der Waals surface area contributed by atoms with E-state index in [1.54, 1.807) is 12.3 Å². The smallest absolute Gasteiger partial charge is 0.253 e. The van der Waals surface area contributed by atoms with Gasteiger partial charge in [-0.2, -0.15) is 0 Å². The second-order valence-corrected chi connectivity index (χ2v) is 6.84. The van der Waals surface area contributed by atoms with Gasteiger partial charge in [-0.1, -0.05) is 53.6 Å². The molecule has 1 aromatic heterocycles. The molecular weight excluding hydrogens is 358 g/mol. The molecule has 138 valence electrons. The van der Waals surface area contributed by atoms with Crippen molar-refractivity contribution in [3.63, 3.8) is 0 Å². The number of nitrogens with zero attached hydrogens (tertiary/aromatic N) is 1. The Labute approximate surface area is 164 Å². The minimum atomic E-state index is -0.129.